The van der Waals surface area contributed by atoms with Crippen LogP contribution in [0.25, 0.3) is 11.6 Å². The lowest BCUT2D eigenvalue weighted by Gasteiger charge is -1.92. The van der Waals surface area contributed by atoms with Crippen LogP contribution >= 0.6 is 0 Å². The number of pyridine rings is 1. The van der Waals surface area contributed by atoms with Gasteiger partial charge in [-0.25, -0.2) is 4.98 Å². The Balaban J connectivity index is 2.41. The Morgan fingerprint density at radius 1 is 1.23 bits per heavy atom. The van der Waals surface area contributed by atoms with Crippen LogP contribution in [0.15, 0.2) is 22.9 Å². The van der Waals surface area contributed by atoms with Gasteiger partial charge >= 0.3 is 0 Å². The molecule has 0 aliphatic rings. The average molecular weight is 177 g/mol. The summed E-state index contributed by atoms with van der Waals surface area (Å²) in [4.78, 5) is 7.79. The smallest absolute Gasteiger partial charge is 0.278 e. The summed E-state index contributed by atoms with van der Waals surface area (Å²) in [5.74, 6) is 0.381. The van der Waals surface area contributed by atoms with Crippen LogP contribution < -0.4 is 11.5 Å². The Kier molecular flexibility index (Phi) is 1.59. The fourth-order valence-corrected chi connectivity index (χ4v) is 0.871. The van der Waals surface area contributed by atoms with Gasteiger partial charge in [0.15, 0.2) is 0 Å². The maximum absolute atomic E-state index is 5.46. The molecule has 0 bridgehead atoms. The Labute approximate surface area is 73.6 Å². The molecule has 0 radical (unpaired) electrons. The predicted molar refractivity (Wildman–Crippen MR) is 46.4 cm³/mol. The van der Waals surface area contributed by atoms with E-state index in [1.54, 1.807) is 12.1 Å². The molecule has 66 valence electrons. The van der Waals surface area contributed by atoms with Crippen LogP contribution in [0, 0.1) is 0 Å². The van der Waals surface area contributed by atoms with Crippen molar-refractivity contribution in [1.29, 1.82) is 0 Å². The van der Waals surface area contributed by atoms with Crippen LogP contribution in [-0.2, 0) is 0 Å². The van der Waals surface area contributed by atoms with Crippen molar-refractivity contribution in [2.24, 2.45) is 0 Å². The molecular weight excluding hydrogens is 170 g/mol. The van der Waals surface area contributed by atoms with Gasteiger partial charge in [-0.2, -0.15) is 4.98 Å². The van der Waals surface area contributed by atoms with Crippen LogP contribution in [0.1, 0.15) is 0 Å². The molecule has 4 N–H and O–H groups in total. The fourth-order valence-electron chi connectivity index (χ4n) is 0.871. The number of hydrogen-bond acceptors (Lipinski definition) is 6. The first-order chi connectivity index (χ1) is 6.25. The highest BCUT2D eigenvalue weighted by Gasteiger charge is 2.06. The molecule has 6 heteroatoms. The molecule has 6 nitrogen and oxygen atoms in total. The van der Waals surface area contributed by atoms with Crippen molar-refractivity contribution in [3.8, 4) is 11.6 Å². The van der Waals surface area contributed by atoms with Crippen LogP contribution in [0.5, 0.6) is 0 Å². The van der Waals surface area contributed by atoms with Gasteiger partial charge in [0, 0.05) is 0 Å². The van der Waals surface area contributed by atoms with E-state index in [0.29, 0.717) is 11.4 Å². The largest absolute Gasteiger partial charge is 0.397 e. The van der Waals surface area contributed by atoms with Gasteiger partial charge in [-0.15, -0.1) is 0 Å². The van der Waals surface area contributed by atoms with Gasteiger partial charge in [0.05, 0.1) is 11.9 Å². The molecular formula is C7H7N5O. The quantitative estimate of drug-likeness (QED) is 0.649. The van der Waals surface area contributed by atoms with Crippen molar-refractivity contribution in [3.05, 3.63) is 18.3 Å². The minimum absolute atomic E-state index is 0.0913. The summed E-state index contributed by atoms with van der Waals surface area (Å²) >= 11 is 0. The molecule has 2 aromatic heterocycles. The second-order valence-corrected chi connectivity index (χ2v) is 2.43. The first kappa shape index (κ1) is 7.53. The van der Waals surface area contributed by atoms with Crippen molar-refractivity contribution < 1.29 is 4.52 Å². The van der Waals surface area contributed by atoms with Crippen molar-refractivity contribution in [2.75, 3.05) is 11.5 Å². The molecule has 0 spiro atoms. The number of nitrogens with zero attached hydrogens (tertiary/aromatic N) is 3. The first-order valence-corrected chi connectivity index (χ1v) is 3.57. The average Bonchev–Trinajstić information content (AvgIpc) is 2.53. The van der Waals surface area contributed by atoms with Gasteiger partial charge < -0.3 is 16.0 Å². The lowest BCUT2D eigenvalue weighted by molar-refractivity contribution is 0.431. The van der Waals surface area contributed by atoms with Crippen LogP contribution in [-0.4, -0.2) is 15.1 Å². The van der Waals surface area contributed by atoms with E-state index in [0.717, 1.165) is 0 Å². The maximum Gasteiger partial charge on any atom is 0.278 e. The zero-order valence-electron chi connectivity index (χ0n) is 6.64. The minimum atomic E-state index is 0.0913. The molecule has 0 amide bonds. The molecule has 0 aliphatic heterocycles. The molecule has 2 heterocycles. The summed E-state index contributed by atoms with van der Waals surface area (Å²) in [6, 6.07) is 3.38. The third-order valence-electron chi connectivity index (χ3n) is 1.45. The normalized spacial score (nSPS) is 10.2. The van der Waals surface area contributed by atoms with Crippen molar-refractivity contribution in [3.63, 3.8) is 0 Å². The highest BCUT2D eigenvalue weighted by Crippen LogP contribution is 2.15. The summed E-state index contributed by atoms with van der Waals surface area (Å²) in [7, 11) is 0. The van der Waals surface area contributed by atoms with Crippen molar-refractivity contribution in [1.82, 2.24) is 15.1 Å². The highest BCUT2D eigenvalue weighted by atomic mass is 16.5. The van der Waals surface area contributed by atoms with Crippen molar-refractivity contribution in [2.45, 2.75) is 0 Å². The van der Waals surface area contributed by atoms with Gasteiger partial charge in [-0.05, 0) is 17.3 Å². The SMILES string of the molecule is Nc1ccc(-c2nc(N)no2)nc1. The van der Waals surface area contributed by atoms with Gasteiger partial charge in [-0.3, -0.25) is 0 Å². The molecule has 2 rings (SSSR count). The van der Waals surface area contributed by atoms with Crippen LogP contribution in [0.3, 0.4) is 0 Å². The minimum Gasteiger partial charge on any atom is -0.397 e. The summed E-state index contributed by atoms with van der Waals surface area (Å²) in [6.07, 6.45) is 1.51. The molecule has 0 saturated carbocycles. The zero-order valence-corrected chi connectivity index (χ0v) is 6.64. The topological polar surface area (TPSA) is 104 Å². The lowest BCUT2D eigenvalue weighted by Crippen LogP contribution is -1.89. The van der Waals surface area contributed by atoms with Gasteiger partial charge in [0.1, 0.15) is 5.69 Å². The fraction of sp³-hybridized carbons (Fsp3) is 0. The number of aromatic nitrogens is 3. The number of anilines is 2. The Morgan fingerprint density at radius 2 is 2.08 bits per heavy atom. The third kappa shape index (κ3) is 1.41. The summed E-state index contributed by atoms with van der Waals surface area (Å²) in [5.41, 5.74) is 11.9. The Bertz CT molecular complexity index is 407. The van der Waals surface area contributed by atoms with Crippen LogP contribution in [0.2, 0.25) is 0 Å². The van der Waals surface area contributed by atoms with E-state index in [4.69, 9.17) is 16.0 Å². The van der Waals surface area contributed by atoms with E-state index in [1.165, 1.54) is 6.20 Å². The van der Waals surface area contributed by atoms with E-state index in [-0.39, 0.29) is 11.8 Å². The Hall–Kier alpha value is -2.11. The summed E-state index contributed by atoms with van der Waals surface area (Å²) in [5, 5.41) is 3.44. The Morgan fingerprint density at radius 3 is 2.62 bits per heavy atom. The second kappa shape index (κ2) is 2.74. The number of nitrogens with two attached hydrogens (primary N) is 2. The molecule has 0 saturated heterocycles. The molecule has 2 aromatic rings. The highest BCUT2D eigenvalue weighted by molar-refractivity contribution is 5.51. The lowest BCUT2D eigenvalue weighted by atomic mass is 10.3. The van der Waals surface area contributed by atoms with E-state index < -0.39 is 0 Å². The number of rotatable bonds is 1. The molecule has 0 unspecified atom stereocenters. The van der Waals surface area contributed by atoms with E-state index >= 15 is 0 Å². The van der Waals surface area contributed by atoms with Gasteiger partial charge in [0.2, 0.25) is 0 Å². The molecule has 0 fully saturated rings. The number of nitrogen functional groups attached to an aromatic ring is 2. The summed E-state index contributed by atoms with van der Waals surface area (Å²) in [6.45, 7) is 0. The monoisotopic (exact) mass is 177 g/mol. The molecule has 0 atom stereocenters. The van der Waals surface area contributed by atoms with E-state index in [9.17, 15) is 0 Å². The predicted octanol–water partition coefficient (Wildman–Crippen LogP) is 0.296. The molecule has 0 aliphatic carbocycles. The van der Waals surface area contributed by atoms with E-state index in [1.807, 2.05) is 0 Å². The standard InChI is InChI=1S/C7H7N5O/c8-4-1-2-5(10-3-4)6-11-7(9)12-13-6/h1-3H,8H2,(H2,9,12). The van der Waals surface area contributed by atoms with Gasteiger partial charge in [0.25, 0.3) is 11.8 Å². The second-order valence-electron chi connectivity index (χ2n) is 2.43. The van der Waals surface area contributed by atoms with E-state index in [2.05, 4.69) is 15.1 Å². The van der Waals surface area contributed by atoms with Crippen molar-refractivity contribution >= 4 is 11.6 Å². The molecule has 13 heavy (non-hydrogen) atoms. The summed E-state index contributed by atoms with van der Waals surface area (Å²) < 4.78 is 4.80. The van der Waals surface area contributed by atoms with Gasteiger partial charge in [-0.1, -0.05) is 0 Å². The maximum atomic E-state index is 5.46. The zero-order chi connectivity index (χ0) is 9.26. The molecule has 0 aromatic carbocycles. The van der Waals surface area contributed by atoms with Crippen LogP contribution in [0.4, 0.5) is 11.6 Å². The third-order valence-corrected chi connectivity index (χ3v) is 1.45. The first-order valence-electron chi connectivity index (χ1n) is 3.57. The number of hydrogen-bond donors (Lipinski definition) is 2.